The summed E-state index contributed by atoms with van der Waals surface area (Å²) in [5.74, 6) is -0.0766. The lowest BCUT2D eigenvalue weighted by molar-refractivity contribution is -0.117. The molecule has 0 aliphatic rings. The number of benzene rings is 2. The predicted octanol–water partition coefficient (Wildman–Crippen LogP) is 4.19. The number of hydrogen-bond donors (Lipinski definition) is 1. The van der Waals surface area contributed by atoms with E-state index in [-0.39, 0.29) is 11.9 Å². The maximum absolute atomic E-state index is 12.0. The van der Waals surface area contributed by atoms with Crippen LogP contribution < -0.4 is 5.32 Å². The Morgan fingerprint density at radius 3 is 2.52 bits per heavy atom. The highest BCUT2D eigenvalue weighted by molar-refractivity contribution is 5.91. The molecule has 0 saturated heterocycles. The number of carbonyl (C=O) groups excluding carboxylic acids is 1. The molecule has 0 radical (unpaired) electrons. The SMILES string of the molecule is Cc1ccc(C)c([C@@H](C)NC(=O)/C=C/c2ccccc2)c1. The normalized spacial score (nSPS) is 12.3. The van der Waals surface area contributed by atoms with Crippen LogP contribution in [-0.2, 0) is 4.79 Å². The first kappa shape index (κ1) is 15.0. The van der Waals surface area contributed by atoms with Crippen LogP contribution in [0.2, 0.25) is 0 Å². The van der Waals surface area contributed by atoms with Gasteiger partial charge in [-0.05, 0) is 43.5 Å². The van der Waals surface area contributed by atoms with Crippen molar-refractivity contribution in [2.45, 2.75) is 26.8 Å². The van der Waals surface area contributed by atoms with Gasteiger partial charge in [0.25, 0.3) is 0 Å². The fourth-order valence-corrected chi connectivity index (χ4v) is 2.30. The average Bonchev–Trinajstić information content (AvgIpc) is 2.48. The molecule has 2 nitrogen and oxygen atoms in total. The molecule has 21 heavy (non-hydrogen) atoms. The summed E-state index contributed by atoms with van der Waals surface area (Å²) >= 11 is 0. The third-order valence-corrected chi connectivity index (χ3v) is 3.49. The summed E-state index contributed by atoms with van der Waals surface area (Å²) in [5.41, 5.74) is 4.58. The highest BCUT2D eigenvalue weighted by Gasteiger charge is 2.10. The Morgan fingerprint density at radius 1 is 1.10 bits per heavy atom. The van der Waals surface area contributed by atoms with Gasteiger partial charge in [-0.3, -0.25) is 4.79 Å². The maximum atomic E-state index is 12.0. The number of carbonyl (C=O) groups is 1. The van der Waals surface area contributed by atoms with Crippen LogP contribution in [0.25, 0.3) is 6.08 Å². The Balaban J connectivity index is 2.02. The highest BCUT2D eigenvalue weighted by atomic mass is 16.1. The first-order valence-corrected chi connectivity index (χ1v) is 7.17. The van der Waals surface area contributed by atoms with E-state index < -0.39 is 0 Å². The lowest BCUT2D eigenvalue weighted by Crippen LogP contribution is -2.25. The minimum atomic E-state index is -0.0766. The van der Waals surface area contributed by atoms with Crippen molar-refractivity contribution in [2.75, 3.05) is 0 Å². The third-order valence-electron chi connectivity index (χ3n) is 3.49. The van der Waals surface area contributed by atoms with Crippen LogP contribution in [0.3, 0.4) is 0 Å². The Labute approximate surface area is 126 Å². The standard InChI is InChI=1S/C19H21NO/c1-14-9-10-15(2)18(13-14)16(3)20-19(21)12-11-17-7-5-4-6-8-17/h4-13,16H,1-3H3,(H,20,21)/b12-11+/t16-/m1/s1. The van der Waals surface area contributed by atoms with E-state index >= 15 is 0 Å². The lowest BCUT2D eigenvalue weighted by atomic mass is 10.00. The van der Waals surface area contributed by atoms with Gasteiger partial charge in [-0.1, -0.05) is 54.1 Å². The molecule has 2 aromatic carbocycles. The van der Waals surface area contributed by atoms with Gasteiger partial charge >= 0.3 is 0 Å². The Hall–Kier alpha value is -2.35. The molecule has 0 spiro atoms. The van der Waals surface area contributed by atoms with E-state index in [0.29, 0.717) is 0 Å². The van der Waals surface area contributed by atoms with Gasteiger partial charge in [-0.2, -0.15) is 0 Å². The summed E-state index contributed by atoms with van der Waals surface area (Å²) in [6.45, 7) is 6.14. The number of hydrogen-bond acceptors (Lipinski definition) is 1. The van der Waals surface area contributed by atoms with Crippen LogP contribution in [0.15, 0.2) is 54.6 Å². The fourth-order valence-electron chi connectivity index (χ4n) is 2.30. The van der Waals surface area contributed by atoms with Crippen LogP contribution in [0.4, 0.5) is 0 Å². The highest BCUT2D eigenvalue weighted by Crippen LogP contribution is 2.18. The molecule has 2 rings (SSSR count). The van der Waals surface area contributed by atoms with Crippen molar-refractivity contribution < 1.29 is 4.79 Å². The second kappa shape index (κ2) is 6.89. The molecule has 0 saturated carbocycles. The molecule has 0 bridgehead atoms. The van der Waals surface area contributed by atoms with Crippen molar-refractivity contribution in [2.24, 2.45) is 0 Å². The van der Waals surface area contributed by atoms with E-state index in [1.165, 1.54) is 11.1 Å². The van der Waals surface area contributed by atoms with E-state index in [9.17, 15) is 4.79 Å². The summed E-state index contributed by atoms with van der Waals surface area (Å²) < 4.78 is 0. The van der Waals surface area contributed by atoms with Crippen molar-refractivity contribution in [1.29, 1.82) is 0 Å². The van der Waals surface area contributed by atoms with Crippen molar-refractivity contribution >= 4 is 12.0 Å². The predicted molar refractivity (Wildman–Crippen MR) is 87.9 cm³/mol. The van der Waals surface area contributed by atoms with Gasteiger partial charge in [-0.25, -0.2) is 0 Å². The molecule has 2 heteroatoms. The molecule has 108 valence electrons. The number of aryl methyl sites for hydroxylation is 2. The van der Waals surface area contributed by atoms with Gasteiger partial charge in [0.1, 0.15) is 0 Å². The Kier molecular flexibility index (Phi) is 4.94. The van der Waals surface area contributed by atoms with Gasteiger partial charge in [-0.15, -0.1) is 0 Å². The van der Waals surface area contributed by atoms with E-state index in [2.05, 4.69) is 37.4 Å². The molecule has 0 heterocycles. The molecule has 1 atom stereocenters. The average molecular weight is 279 g/mol. The lowest BCUT2D eigenvalue weighted by Gasteiger charge is -2.16. The van der Waals surface area contributed by atoms with Crippen LogP contribution in [-0.4, -0.2) is 5.91 Å². The van der Waals surface area contributed by atoms with Crippen LogP contribution >= 0.6 is 0 Å². The largest absolute Gasteiger partial charge is 0.346 e. The van der Waals surface area contributed by atoms with Crippen LogP contribution in [0.5, 0.6) is 0 Å². The zero-order valence-electron chi connectivity index (χ0n) is 12.8. The minimum absolute atomic E-state index is 0.00202. The Bertz CT molecular complexity index is 644. The molecule has 1 amide bonds. The van der Waals surface area contributed by atoms with E-state index in [4.69, 9.17) is 0 Å². The van der Waals surface area contributed by atoms with Crippen LogP contribution in [0, 0.1) is 13.8 Å². The topological polar surface area (TPSA) is 29.1 Å². The molecule has 0 unspecified atom stereocenters. The van der Waals surface area contributed by atoms with Crippen LogP contribution in [0.1, 0.15) is 35.2 Å². The van der Waals surface area contributed by atoms with Crippen molar-refractivity contribution in [3.05, 3.63) is 76.9 Å². The second-order valence-corrected chi connectivity index (χ2v) is 5.33. The summed E-state index contributed by atoms with van der Waals surface area (Å²) in [7, 11) is 0. The number of rotatable bonds is 4. The smallest absolute Gasteiger partial charge is 0.244 e. The molecular weight excluding hydrogens is 258 g/mol. The zero-order chi connectivity index (χ0) is 15.2. The molecule has 0 fully saturated rings. The number of nitrogens with one attached hydrogen (secondary N) is 1. The van der Waals surface area contributed by atoms with Gasteiger partial charge in [0.15, 0.2) is 0 Å². The van der Waals surface area contributed by atoms with Gasteiger partial charge in [0.2, 0.25) is 5.91 Å². The van der Waals surface area contributed by atoms with E-state index in [1.807, 2.05) is 43.3 Å². The minimum Gasteiger partial charge on any atom is -0.346 e. The fraction of sp³-hybridized carbons (Fsp3) is 0.211. The first-order chi connectivity index (χ1) is 10.1. The second-order valence-electron chi connectivity index (χ2n) is 5.33. The quantitative estimate of drug-likeness (QED) is 0.835. The van der Waals surface area contributed by atoms with Crippen molar-refractivity contribution in [1.82, 2.24) is 5.32 Å². The summed E-state index contributed by atoms with van der Waals surface area (Å²) in [6, 6.07) is 16.1. The summed E-state index contributed by atoms with van der Waals surface area (Å²) in [5, 5.41) is 3.01. The molecule has 1 N–H and O–H groups in total. The van der Waals surface area contributed by atoms with E-state index in [0.717, 1.165) is 11.1 Å². The van der Waals surface area contributed by atoms with E-state index in [1.54, 1.807) is 6.08 Å². The van der Waals surface area contributed by atoms with Crippen molar-refractivity contribution in [3.63, 3.8) is 0 Å². The van der Waals surface area contributed by atoms with Crippen molar-refractivity contribution in [3.8, 4) is 0 Å². The van der Waals surface area contributed by atoms with Gasteiger partial charge < -0.3 is 5.32 Å². The number of amides is 1. The first-order valence-electron chi connectivity index (χ1n) is 7.17. The van der Waals surface area contributed by atoms with Gasteiger partial charge in [0, 0.05) is 6.08 Å². The molecule has 2 aromatic rings. The molecule has 0 aromatic heterocycles. The zero-order valence-corrected chi connectivity index (χ0v) is 12.8. The summed E-state index contributed by atoms with van der Waals surface area (Å²) in [4.78, 5) is 12.0. The third kappa shape index (κ3) is 4.32. The molecular formula is C19H21NO. The molecule has 0 aliphatic carbocycles. The monoisotopic (exact) mass is 279 g/mol. The maximum Gasteiger partial charge on any atom is 0.244 e. The summed E-state index contributed by atoms with van der Waals surface area (Å²) in [6.07, 6.45) is 3.40. The van der Waals surface area contributed by atoms with Gasteiger partial charge in [0.05, 0.1) is 6.04 Å². The molecule has 0 aliphatic heterocycles. The Morgan fingerprint density at radius 2 is 1.81 bits per heavy atom.